The Morgan fingerprint density at radius 3 is 2.44 bits per heavy atom. The van der Waals surface area contributed by atoms with E-state index in [4.69, 9.17) is 10.8 Å². The van der Waals surface area contributed by atoms with Gasteiger partial charge in [-0.15, -0.1) is 0 Å². The van der Waals surface area contributed by atoms with Crippen LogP contribution in [0.4, 0.5) is 5.95 Å². The summed E-state index contributed by atoms with van der Waals surface area (Å²) in [7, 11) is 0. The van der Waals surface area contributed by atoms with Crippen LogP contribution < -0.4 is 11.1 Å². The minimum atomic E-state index is -1.30. The number of fused-ring (bicyclic) bond motifs is 1. The minimum absolute atomic E-state index is 0.0465. The van der Waals surface area contributed by atoms with Gasteiger partial charge in [-0.2, -0.15) is 9.97 Å². The van der Waals surface area contributed by atoms with Crippen molar-refractivity contribution >= 4 is 34.8 Å². The molecule has 0 bridgehead atoms. The van der Waals surface area contributed by atoms with Crippen molar-refractivity contribution in [1.82, 2.24) is 20.3 Å². The van der Waals surface area contributed by atoms with E-state index in [1.165, 1.54) is 0 Å². The van der Waals surface area contributed by atoms with Gasteiger partial charge in [0.15, 0.2) is 0 Å². The summed E-state index contributed by atoms with van der Waals surface area (Å²) >= 11 is 0. The number of hydrogen-bond donors (Lipinski definition) is 6. The van der Waals surface area contributed by atoms with E-state index >= 15 is 0 Å². The number of aliphatic carboxylic acids is 2. The molecular weight excluding hydrogens is 418 g/mol. The molecule has 0 radical (unpaired) electrons. The maximum absolute atomic E-state index is 12.4. The van der Waals surface area contributed by atoms with E-state index in [9.17, 15) is 24.6 Å². The number of nitrogens with one attached hydrogen (secondary N) is 2. The standard InChI is InChI=1S/C21H23N5O6/c1-2-12(13-9-23-17-16(13)19(30)26-21(22)25-17)10-3-5-11(6-4-10)18(29)24-14(20(31)32)7-8-15(27)28/h3-6,9,12,14H,2,7-8H2,1H3,(H,24,29)(H,27,28)(H,31,32)(H4,22,23,25,26,30)/t12?,14-/m0/s1. The Bertz CT molecular complexity index is 1160. The lowest BCUT2D eigenvalue weighted by molar-refractivity contribution is -0.140. The number of rotatable bonds is 9. The average molecular weight is 441 g/mol. The third-order valence-corrected chi connectivity index (χ3v) is 5.17. The number of carboxylic acid groups (broad SMARTS) is 2. The first-order valence-corrected chi connectivity index (χ1v) is 9.90. The second-order valence-corrected chi connectivity index (χ2v) is 7.25. The molecule has 0 aliphatic rings. The van der Waals surface area contributed by atoms with E-state index in [1.807, 2.05) is 6.92 Å². The second kappa shape index (κ2) is 9.33. The average Bonchev–Trinajstić information content (AvgIpc) is 3.15. The lowest BCUT2D eigenvalue weighted by atomic mass is 9.89. The quantitative estimate of drug-likeness (QED) is 0.287. The van der Waals surface area contributed by atoms with Gasteiger partial charge < -0.3 is 31.4 Å². The first kappa shape index (κ1) is 22.5. The number of hydrogen-bond acceptors (Lipinski definition) is 7. The predicted octanol–water partition coefficient (Wildman–Crippen LogP) is 1.84. The van der Waals surface area contributed by atoms with Crippen molar-refractivity contribution in [2.75, 3.05) is 5.73 Å². The number of nitrogens with two attached hydrogens (primary N) is 1. The number of carbonyl (C=O) groups excluding carboxylic acids is 1. The molecule has 11 heteroatoms. The van der Waals surface area contributed by atoms with E-state index in [-0.39, 0.29) is 36.2 Å². The van der Waals surface area contributed by atoms with Crippen LogP contribution in [0.5, 0.6) is 5.88 Å². The van der Waals surface area contributed by atoms with Crippen LogP contribution in [0, 0.1) is 0 Å². The van der Waals surface area contributed by atoms with Crippen molar-refractivity contribution in [3.8, 4) is 5.88 Å². The molecule has 0 aliphatic carbocycles. The lowest BCUT2D eigenvalue weighted by Gasteiger charge is -2.17. The third kappa shape index (κ3) is 4.77. The molecule has 0 spiro atoms. The number of aromatic hydroxyl groups is 1. The Hall–Kier alpha value is -4.15. The molecular formula is C21H23N5O6. The Kier molecular flexibility index (Phi) is 6.57. The molecule has 168 valence electrons. The zero-order valence-electron chi connectivity index (χ0n) is 17.2. The summed E-state index contributed by atoms with van der Waals surface area (Å²) in [5.74, 6) is -3.47. The minimum Gasteiger partial charge on any atom is -0.493 e. The molecule has 2 atom stereocenters. The molecule has 32 heavy (non-hydrogen) atoms. The highest BCUT2D eigenvalue weighted by atomic mass is 16.4. The maximum Gasteiger partial charge on any atom is 0.326 e. The first-order chi connectivity index (χ1) is 15.2. The molecule has 0 saturated carbocycles. The predicted molar refractivity (Wildman–Crippen MR) is 114 cm³/mol. The Balaban J connectivity index is 1.81. The van der Waals surface area contributed by atoms with E-state index < -0.39 is 23.9 Å². The van der Waals surface area contributed by atoms with Gasteiger partial charge >= 0.3 is 11.9 Å². The number of H-pyrrole nitrogens is 1. The Morgan fingerprint density at radius 2 is 1.84 bits per heavy atom. The summed E-state index contributed by atoms with van der Waals surface area (Å²) in [6, 6.07) is 5.30. The second-order valence-electron chi connectivity index (χ2n) is 7.25. The number of anilines is 1. The topological polar surface area (TPSA) is 192 Å². The fourth-order valence-corrected chi connectivity index (χ4v) is 3.60. The van der Waals surface area contributed by atoms with Gasteiger partial charge in [-0.05, 0) is 36.1 Å². The highest BCUT2D eigenvalue weighted by Gasteiger charge is 2.23. The highest BCUT2D eigenvalue weighted by molar-refractivity contribution is 5.96. The summed E-state index contributed by atoms with van der Waals surface area (Å²) in [4.78, 5) is 45.3. The van der Waals surface area contributed by atoms with Crippen LogP contribution in [-0.2, 0) is 9.59 Å². The summed E-state index contributed by atoms with van der Waals surface area (Å²) in [5, 5.41) is 31.0. The largest absolute Gasteiger partial charge is 0.493 e. The highest BCUT2D eigenvalue weighted by Crippen LogP contribution is 2.36. The number of nitrogen functional groups attached to an aromatic ring is 1. The molecule has 2 heterocycles. The molecule has 1 aromatic carbocycles. The van der Waals surface area contributed by atoms with Crippen molar-refractivity contribution in [3.05, 3.63) is 47.2 Å². The molecule has 1 unspecified atom stereocenters. The van der Waals surface area contributed by atoms with Crippen LogP contribution in [-0.4, -0.2) is 54.2 Å². The molecule has 1 amide bonds. The van der Waals surface area contributed by atoms with E-state index in [2.05, 4.69) is 20.3 Å². The third-order valence-electron chi connectivity index (χ3n) is 5.17. The van der Waals surface area contributed by atoms with Crippen molar-refractivity contribution in [2.45, 2.75) is 38.1 Å². The smallest absolute Gasteiger partial charge is 0.326 e. The molecule has 3 aromatic rings. The molecule has 0 fully saturated rings. The number of carboxylic acids is 2. The summed E-state index contributed by atoms with van der Waals surface area (Å²) in [6.45, 7) is 1.97. The van der Waals surface area contributed by atoms with Gasteiger partial charge in [0.2, 0.25) is 11.8 Å². The molecule has 0 saturated heterocycles. The van der Waals surface area contributed by atoms with Crippen molar-refractivity contribution in [2.24, 2.45) is 0 Å². The van der Waals surface area contributed by atoms with Crippen molar-refractivity contribution in [1.29, 1.82) is 0 Å². The zero-order valence-corrected chi connectivity index (χ0v) is 17.2. The number of aromatic amines is 1. The van der Waals surface area contributed by atoms with Crippen LogP contribution in [0.25, 0.3) is 11.0 Å². The number of aromatic nitrogens is 3. The van der Waals surface area contributed by atoms with Crippen molar-refractivity contribution < 1.29 is 29.7 Å². The van der Waals surface area contributed by atoms with Gasteiger partial charge in [0.25, 0.3) is 5.91 Å². The lowest BCUT2D eigenvalue weighted by Crippen LogP contribution is -2.41. The Morgan fingerprint density at radius 1 is 1.16 bits per heavy atom. The number of amides is 1. The monoisotopic (exact) mass is 441 g/mol. The number of benzene rings is 1. The van der Waals surface area contributed by atoms with Gasteiger partial charge in [0.05, 0.1) is 5.39 Å². The van der Waals surface area contributed by atoms with Gasteiger partial charge in [-0.1, -0.05) is 19.1 Å². The number of carbonyl (C=O) groups is 3. The summed E-state index contributed by atoms with van der Waals surface area (Å²) in [6.07, 6.45) is 1.82. The SMILES string of the molecule is CCC(c1ccc(C(=O)N[C@@H](CCC(=O)O)C(=O)O)cc1)c1c[nH]c2nc(N)nc(O)c12. The van der Waals surface area contributed by atoms with Crippen LogP contribution in [0.2, 0.25) is 0 Å². The van der Waals surface area contributed by atoms with Gasteiger partial charge in [-0.25, -0.2) is 4.79 Å². The molecule has 0 aliphatic heterocycles. The molecule has 3 rings (SSSR count). The molecule has 7 N–H and O–H groups in total. The zero-order chi connectivity index (χ0) is 23.4. The first-order valence-electron chi connectivity index (χ1n) is 9.90. The van der Waals surface area contributed by atoms with Crippen molar-refractivity contribution in [3.63, 3.8) is 0 Å². The fourth-order valence-electron chi connectivity index (χ4n) is 3.60. The maximum atomic E-state index is 12.4. The summed E-state index contributed by atoms with van der Waals surface area (Å²) in [5.41, 5.74) is 7.87. The fraction of sp³-hybridized carbons (Fsp3) is 0.286. The Labute approximate surface area is 182 Å². The normalized spacial score (nSPS) is 12.9. The van der Waals surface area contributed by atoms with E-state index in [1.54, 1.807) is 30.5 Å². The molecule has 11 nitrogen and oxygen atoms in total. The van der Waals surface area contributed by atoms with E-state index in [0.29, 0.717) is 17.5 Å². The number of nitrogens with zero attached hydrogens (tertiary/aromatic N) is 2. The van der Waals surface area contributed by atoms with Gasteiger partial charge in [0.1, 0.15) is 11.7 Å². The molecule has 2 aromatic heterocycles. The van der Waals surface area contributed by atoms with Crippen LogP contribution in [0.1, 0.15) is 53.6 Å². The van der Waals surface area contributed by atoms with E-state index in [0.717, 1.165) is 11.1 Å². The summed E-state index contributed by atoms with van der Waals surface area (Å²) < 4.78 is 0. The van der Waals surface area contributed by atoms with Gasteiger partial charge in [-0.3, -0.25) is 9.59 Å². The van der Waals surface area contributed by atoms with Gasteiger partial charge in [0, 0.05) is 24.1 Å². The van der Waals surface area contributed by atoms with Crippen LogP contribution in [0.3, 0.4) is 0 Å². The van der Waals surface area contributed by atoms with Crippen LogP contribution in [0.15, 0.2) is 30.5 Å². The van der Waals surface area contributed by atoms with Crippen LogP contribution >= 0.6 is 0 Å².